The Labute approximate surface area is 127 Å². The van der Waals surface area contributed by atoms with Crippen molar-refractivity contribution in [3.05, 3.63) is 40.3 Å². The summed E-state index contributed by atoms with van der Waals surface area (Å²) < 4.78 is 1.49. The van der Waals surface area contributed by atoms with Crippen molar-refractivity contribution in [3.63, 3.8) is 0 Å². The molecule has 0 unspecified atom stereocenters. The minimum atomic E-state index is -0.560. The summed E-state index contributed by atoms with van der Waals surface area (Å²) in [5.41, 5.74) is -0.0463. The van der Waals surface area contributed by atoms with Crippen molar-refractivity contribution < 1.29 is 10.2 Å². The van der Waals surface area contributed by atoms with Crippen molar-refractivity contribution in [2.45, 2.75) is 33.2 Å². The number of hydrogen-bond donors (Lipinski definition) is 2. The van der Waals surface area contributed by atoms with Gasteiger partial charge in [0.15, 0.2) is 5.75 Å². The summed E-state index contributed by atoms with van der Waals surface area (Å²) in [5, 5.41) is 22.2. The van der Waals surface area contributed by atoms with Crippen LogP contribution in [0.2, 0.25) is 0 Å². The van der Waals surface area contributed by atoms with E-state index in [0.717, 1.165) is 0 Å². The molecule has 0 aliphatic carbocycles. The van der Waals surface area contributed by atoms with E-state index in [1.165, 1.54) is 4.57 Å². The van der Waals surface area contributed by atoms with Gasteiger partial charge in [-0.1, -0.05) is 24.3 Å². The smallest absolute Gasteiger partial charge is 0.273 e. The van der Waals surface area contributed by atoms with E-state index >= 15 is 0 Å². The highest BCUT2D eigenvalue weighted by Crippen LogP contribution is 2.40. The number of hydrogen-bond acceptors (Lipinski definition) is 4. The molecular weight excluding hydrogens is 280 g/mol. The number of aryl methyl sites for hydroxylation is 1. The molecule has 0 spiro atoms. The third-order valence-electron chi connectivity index (χ3n) is 3.80. The maximum atomic E-state index is 12.5. The lowest BCUT2D eigenvalue weighted by atomic mass is 10.0. The molecule has 0 saturated carbocycles. The number of aromatic hydroxyl groups is 2. The Morgan fingerprint density at radius 2 is 1.59 bits per heavy atom. The van der Waals surface area contributed by atoms with E-state index in [1.807, 2.05) is 20.8 Å². The van der Waals surface area contributed by atoms with E-state index < -0.39 is 5.54 Å². The van der Waals surface area contributed by atoms with Crippen LogP contribution in [0.15, 0.2) is 29.1 Å². The van der Waals surface area contributed by atoms with Crippen molar-refractivity contribution in [1.29, 1.82) is 0 Å². The molecule has 0 fully saturated rings. The number of benzene rings is 2. The predicted octanol–water partition coefficient (Wildman–Crippen LogP) is 3.02. The monoisotopic (exact) mass is 298 g/mol. The van der Waals surface area contributed by atoms with Crippen LogP contribution in [0.3, 0.4) is 0 Å². The Morgan fingerprint density at radius 3 is 2.14 bits per heavy atom. The number of phenolic OH excluding ortho intramolecular Hbond substituents is 2. The van der Waals surface area contributed by atoms with Gasteiger partial charge in [0.1, 0.15) is 22.5 Å². The SMILES string of the molecule is Cc1nc2c(O)c3ccccc3c(O)c2n(C(C)(C)C)c1=O. The summed E-state index contributed by atoms with van der Waals surface area (Å²) >= 11 is 0. The number of fused-ring (bicyclic) bond motifs is 2. The molecule has 2 N–H and O–H groups in total. The fourth-order valence-electron chi connectivity index (χ4n) is 2.81. The molecule has 0 bridgehead atoms. The molecule has 0 amide bonds. The van der Waals surface area contributed by atoms with Gasteiger partial charge in [-0.3, -0.25) is 9.36 Å². The van der Waals surface area contributed by atoms with Gasteiger partial charge in [0.05, 0.1) is 0 Å². The van der Waals surface area contributed by atoms with Crippen LogP contribution >= 0.6 is 0 Å². The molecule has 5 nitrogen and oxygen atoms in total. The molecule has 0 saturated heterocycles. The van der Waals surface area contributed by atoms with Crippen LogP contribution < -0.4 is 5.56 Å². The molecule has 5 heteroatoms. The Bertz CT molecular complexity index is 966. The zero-order valence-corrected chi connectivity index (χ0v) is 13.0. The minimum Gasteiger partial charge on any atom is -0.505 e. The van der Waals surface area contributed by atoms with Gasteiger partial charge in [0.2, 0.25) is 0 Å². The standard InChI is InChI=1S/C17H18N2O3/c1-9-16(22)19(17(2,3)4)13-12(18-9)14(20)10-7-5-6-8-11(10)15(13)21/h5-8,20-21H,1-4H3. The van der Waals surface area contributed by atoms with Gasteiger partial charge in [0.25, 0.3) is 5.56 Å². The highest BCUT2D eigenvalue weighted by Gasteiger charge is 2.25. The maximum Gasteiger partial charge on any atom is 0.273 e. The van der Waals surface area contributed by atoms with Gasteiger partial charge >= 0.3 is 0 Å². The van der Waals surface area contributed by atoms with E-state index in [9.17, 15) is 15.0 Å². The third kappa shape index (κ3) is 1.85. The molecular formula is C17H18N2O3. The number of phenols is 2. The van der Waals surface area contributed by atoms with Gasteiger partial charge in [-0.05, 0) is 27.7 Å². The molecule has 3 rings (SSSR count). The lowest BCUT2D eigenvalue weighted by Crippen LogP contribution is -2.36. The molecule has 3 aromatic rings. The van der Waals surface area contributed by atoms with Crippen molar-refractivity contribution in [2.75, 3.05) is 0 Å². The van der Waals surface area contributed by atoms with E-state index in [4.69, 9.17) is 0 Å². The lowest BCUT2D eigenvalue weighted by molar-refractivity contribution is 0.388. The third-order valence-corrected chi connectivity index (χ3v) is 3.80. The molecule has 114 valence electrons. The molecule has 0 atom stereocenters. The predicted molar refractivity (Wildman–Crippen MR) is 86.6 cm³/mol. The number of nitrogens with zero attached hydrogens (tertiary/aromatic N) is 2. The van der Waals surface area contributed by atoms with Crippen LogP contribution in [0, 0.1) is 6.92 Å². The first-order valence-electron chi connectivity index (χ1n) is 7.10. The van der Waals surface area contributed by atoms with Crippen LogP contribution in [0.25, 0.3) is 21.8 Å². The fourth-order valence-corrected chi connectivity index (χ4v) is 2.81. The topological polar surface area (TPSA) is 75.4 Å². The van der Waals surface area contributed by atoms with E-state index in [1.54, 1.807) is 31.2 Å². The van der Waals surface area contributed by atoms with Gasteiger partial charge in [-0.25, -0.2) is 4.98 Å². The molecule has 0 aliphatic rings. The van der Waals surface area contributed by atoms with Gasteiger partial charge < -0.3 is 10.2 Å². The molecule has 1 heterocycles. The first-order valence-corrected chi connectivity index (χ1v) is 7.10. The molecule has 0 radical (unpaired) electrons. The van der Waals surface area contributed by atoms with Crippen LogP contribution in [-0.4, -0.2) is 19.8 Å². The second kappa shape index (κ2) is 4.47. The zero-order valence-electron chi connectivity index (χ0n) is 13.0. The zero-order chi connectivity index (χ0) is 16.2. The highest BCUT2D eigenvalue weighted by molar-refractivity contribution is 6.07. The average Bonchev–Trinajstić information content (AvgIpc) is 2.45. The second-order valence-electron chi connectivity index (χ2n) is 6.45. The Hall–Kier alpha value is -2.56. The minimum absolute atomic E-state index is 0.0236. The van der Waals surface area contributed by atoms with Crippen LogP contribution in [0.1, 0.15) is 26.5 Å². The number of rotatable bonds is 0. The molecule has 22 heavy (non-hydrogen) atoms. The Kier molecular flexibility index (Phi) is 2.92. The van der Waals surface area contributed by atoms with Gasteiger partial charge in [0, 0.05) is 16.3 Å². The summed E-state index contributed by atoms with van der Waals surface area (Å²) in [6, 6.07) is 6.98. The fraction of sp³-hybridized carbons (Fsp3) is 0.294. The summed E-state index contributed by atoms with van der Waals surface area (Å²) in [5.74, 6) is -0.0626. The summed E-state index contributed by atoms with van der Waals surface area (Å²) in [6.45, 7) is 7.23. The van der Waals surface area contributed by atoms with E-state index in [2.05, 4.69) is 4.98 Å². The average molecular weight is 298 g/mol. The maximum absolute atomic E-state index is 12.5. The first kappa shape index (κ1) is 14.4. The largest absolute Gasteiger partial charge is 0.505 e. The Balaban J connectivity index is 2.72. The van der Waals surface area contributed by atoms with E-state index in [0.29, 0.717) is 10.8 Å². The molecule has 1 aromatic heterocycles. The second-order valence-corrected chi connectivity index (χ2v) is 6.45. The van der Waals surface area contributed by atoms with Crippen molar-refractivity contribution in [1.82, 2.24) is 9.55 Å². The van der Waals surface area contributed by atoms with Gasteiger partial charge in [-0.15, -0.1) is 0 Å². The molecule has 0 aliphatic heterocycles. The molecule has 2 aromatic carbocycles. The first-order chi connectivity index (χ1) is 10.2. The van der Waals surface area contributed by atoms with Crippen molar-refractivity contribution >= 4 is 21.8 Å². The van der Waals surface area contributed by atoms with Crippen molar-refractivity contribution in [3.8, 4) is 11.5 Å². The van der Waals surface area contributed by atoms with E-state index in [-0.39, 0.29) is 33.8 Å². The highest BCUT2D eigenvalue weighted by atomic mass is 16.3. The van der Waals surface area contributed by atoms with Crippen molar-refractivity contribution in [2.24, 2.45) is 0 Å². The summed E-state index contributed by atoms with van der Waals surface area (Å²) in [4.78, 5) is 16.8. The Morgan fingerprint density at radius 1 is 1.05 bits per heavy atom. The lowest BCUT2D eigenvalue weighted by Gasteiger charge is -2.26. The quantitative estimate of drug-likeness (QED) is 0.494. The van der Waals surface area contributed by atoms with Crippen LogP contribution in [0.4, 0.5) is 0 Å². The normalized spacial score (nSPS) is 12.2. The number of aromatic nitrogens is 2. The van der Waals surface area contributed by atoms with Gasteiger partial charge in [-0.2, -0.15) is 0 Å². The summed E-state index contributed by atoms with van der Waals surface area (Å²) in [7, 11) is 0. The summed E-state index contributed by atoms with van der Waals surface area (Å²) in [6.07, 6.45) is 0. The van der Waals surface area contributed by atoms with Crippen LogP contribution in [0.5, 0.6) is 11.5 Å². The van der Waals surface area contributed by atoms with Crippen LogP contribution in [-0.2, 0) is 5.54 Å².